The lowest BCUT2D eigenvalue weighted by molar-refractivity contribution is -0.310. The van der Waals surface area contributed by atoms with E-state index in [4.69, 9.17) is 37.9 Å². The molecule has 0 radical (unpaired) electrons. The summed E-state index contributed by atoms with van der Waals surface area (Å²) in [6, 6.07) is 0. The molecule has 0 aromatic heterocycles. The normalized spacial score (nSPS) is 53.1. The Balaban J connectivity index is 1.39. The zero-order chi connectivity index (χ0) is 37.6. The van der Waals surface area contributed by atoms with Crippen LogP contribution in [0.3, 0.4) is 0 Å². The second-order valence-corrected chi connectivity index (χ2v) is 16.4. The van der Waals surface area contributed by atoms with Crippen LogP contribution < -0.4 is 0 Å². The highest BCUT2D eigenvalue weighted by Crippen LogP contribution is 2.84. The van der Waals surface area contributed by atoms with E-state index in [1.165, 1.54) is 19.4 Å². The first-order valence-electron chi connectivity index (χ1n) is 18.1. The van der Waals surface area contributed by atoms with Gasteiger partial charge in [0.2, 0.25) is 6.29 Å². The number of aliphatic hydroxyl groups is 3. The van der Waals surface area contributed by atoms with Crippen molar-refractivity contribution in [3.05, 3.63) is 24.0 Å². The van der Waals surface area contributed by atoms with E-state index >= 15 is 0 Å². The number of rotatable bonds is 7. The van der Waals surface area contributed by atoms with Gasteiger partial charge in [0.25, 0.3) is 0 Å². The van der Waals surface area contributed by atoms with Gasteiger partial charge in [-0.3, -0.25) is 9.59 Å². The minimum atomic E-state index is -2.32. The predicted octanol–water partition coefficient (Wildman–Crippen LogP) is 0.993. The van der Waals surface area contributed by atoms with Gasteiger partial charge in [-0.25, -0.2) is 9.59 Å². The number of methoxy groups -OCH3 is 2. The SMILES string of the molecule is C/C=C(\C)C(=O)O[C@H]1C[C@@H](OC(=O)CC)[C@@]2(C(=O)OC)CO[C@H]3[C@@H](O)[C@@](C)(C45OC4(C)C4C[C@H]5O[C@@H]5OC=CC45O)C4[C@]1(CC[C@]4(O)C(=O)OC)[C@@H]32. The molecule has 7 fully saturated rings. The Hall–Kier alpha value is -3.08. The van der Waals surface area contributed by atoms with E-state index in [2.05, 4.69) is 0 Å². The fourth-order valence-corrected chi connectivity index (χ4v) is 12.9. The largest absolute Gasteiger partial charge is 0.469 e. The molecule has 15 heteroatoms. The highest BCUT2D eigenvalue weighted by Gasteiger charge is 2.96. The Kier molecular flexibility index (Phi) is 7.60. The van der Waals surface area contributed by atoms with Gasteiger partial charge in [-0.05, 0) is 46.1 Å². The molecule has 286 valence electrons. The number of fused-ring (bicyclic) bond motifs is 7. The van der Waals surface area contributed by atoms with Crippen LogP contribution in [0.2, 0.25) is 0 Å². The number of hydrogen-bond acceptors (Lipinski definition) is 15. The van der Waals surface area contributed by atoms with Crippen molar-refractivity contribution in [2.24, 2.45) is 34.0 Å². The maximum atomic E-state index is 14.3. The molecular weight excluding hydrogens is 684 g/mol. The van der Waals surface area contributed by atoms with Gasteiger partial charge in [-0.1, -0.05) is 19.9 Å². The van der Waals surface area contributed by atoms with Crippen LogP contribution in [0.25, 0.3) is 0 Å². The first-order chi connectivity index (χ1) is 24.5. The molecule has 8 aliphatic rings. The molecule has 3 saturated heterocycles. The van der Waals surface area contributed by atoms with E-state index in [1.807, 2.05) is 6.92 Å². The summed E-state index contributed by atoms with van der Waals surface area (Å²) in [5, 5.41) is 37.9. The molecule has 2 bridgehead atoms. The summed E-state index contributed by atoms with van der Waals surface area (Å²) >= 11 is 0. The van der Waals surface area contributed by atoms with E-state index in [9.17, 15) is 34.5 Å². The molecular formula is C37H48O15. The second kappa shape index (κ2) is 11.0. The van der Waals surface area contributed by atoms with Crippen molar-refractivity contribution in [3.8, 4) is 0 Å². The quantitative estimate of drug-likeness (QED) is 0.145. The topological polar surface area (TPSA) is 206 Å². The van der Waals surface area contributed by atoms with E-state index in [0.717, 1.165) is 7.11 Å². The van der Waals surface area contributed by atoms with Crippen LogP contribution in [-0.2, 0) is 57.1 Å². The lowest BCUT2D eigenvalue weighted by atomic mass is 9.37. The van der Waals surface area contributed by atoms with Gasteiger partial charge in [-0.15, -0.1) is 0 Å². The molecule has 5 unspecified atom stereocenters. The van der Waals surface area contributed by atoms with Crippen molar-refractivity contribution in [1.82, 2.24) is 0 Å². The van der Waals surface area contributed by atoms with Gasteiger partial charge in [0.05, 0.1) is 45.4 Å². The summed E-state index contributed by atoms with van der Waals surface area (Å²) in [5.74, 6) is -6.09. The van der Waals surface area contributed by atoms with E-state index in [-0.39, 0.29) is 37.9 Å². The first-order valence-corrected chi connectivity index (χ1v) is 18.1. The Morgan fingerprint density at radius 1 is 1.00 bits per heavy atom. The third-order valence-electron chi connectivity index (χ3n) is 14.9. The number of carbonyl (C=O) groups is 4. The molecule has 0 amide bonds. The van der Waals surface area contributed by atoms with Crippen molar-refractivity contribution in [2.45, 2.75) is 126 Å². The summed E-state index contributed by atoms with van der Waals surface area (Å²) in [6.45, 7) is 8.06. The highest BCUT2D eigenvalue weighted by molar-refractivity contribution is 5.88. The molecule has 1 spiro atoms. The zero-order valence-electron chi connectivity index (χ0n) is 30.4. The van der Waals surface area contributed by atoms with Gasteiger partial charge < -0.3 is 53.2 Å². The van der Waals surface area contributed by atoms with Crippen LogP contribution >= 0.6 is 0 Å². The number of esters is 4. The monoisotopic (exact) mass is 732 g/mol. The van der Waals surface area contributed by atoms with Crippen molar-refractivity contribution in [1.29, 1.82) is 0 Å². The van der Waals surface area contributed by atoms with Crippen LogP contribution in [0.1, 0.15) is 66.7 Å². The van der Waals surface area contributed by atoms with Crippen LogP contribution in [-0.4, -0.2) is 119 Å². The first kappa shape index (κ1) is 35.9. The van der Waals surface area contributed by atoms with Gasteiger partial charge in [-0.2, -0.15) is 0 Å². The number of hydrogen-bond donors (Lipinski definition) is 3. The molecule has 4 aliphatic heterocycles. The second-order valence-electron chi connectivity index (χ2n) is 16.4. The van der Waals surface area contributed by atoms with E-state index in [0.29, 0.717) is 6.42 Å². The number of aliphatic hydroxyl groups excluding tert-OH is 1. The maximum Gasteiger partial charge on any atom is 0.338 e. The third kappa shape index (κ3) is 3.73. The molecule has 8 rings (SSSR count). The molecule has 3 N–H and O–H groups in total. The Bertz CT molecular complexity index is 1680. The summed E-state index contributed by atoms with van der Waals surface area (Å²) in [4.78, 5) is 55.2. The molecule has 4 heterocycles. The van der Waals surface area contributed by atoms with Gasteiger partial charge >= 0.3 is 23.9 Å². The molecule has 15 nitrogen and oxygen atoms in total. The average Bonchev–Trinajstić information content (AvgIpc) is 3.50. The maximum absolute atomic E-state index is 14.3. The van der Waals surface area contributed by atoms with Crippen molar-refractivity contribution in [2.75, 3.05) is 20.8 Å². The number of epoxide rings is 1. The fraction of sp³-hybridized carbons (Fsp3) is 0.784. The highest BCUT2D eigenvalue weighted by atomic mass is 16.7. The van der Waals surface area contributed by atoms with Crippen molar-refractivity contribution in [3.63, 3.8) is 0 Å². The summed E-state index contributed by atoms with van der Waals surface area (Å²) in [7, 11) is 2.35. The molecule has 16 atom stereocenters. The standard InChI is InChI=1S/C37H48O15/c1-8-17(3)26(40)50-19-15-20(49-22(38)9-2)34(28(41)45-6)16-48-23-24(34)33(19)10-11-36(44,29(42)46-7)27(33)31(4,25(23)39)37-21-14-18(32(37,5)52-37)35(43)12-13-47-30(35)51-21/h8,12-13,18-21,23-25,27,30,39,43-44H,9-11,14-16H2,1-7H3/b17-8+/t18?,19-,20+,21+,23+,24+,25+,27?,30-,31+,32?,33-,34-,35?,36+,37?/m0/s1. The molecule has 0 aromatic rings. The smallest absolute Gasteiger partial charge is 0.338 e. The summed E-state index contributed by atoms with van der Waals surface area (Å²) < 4.78 is 48.6. The van der Waals surface area contributed by atoms with Crippen molar-refractivity contribution < 1.29 is 72.4 Å². The Morgan fingerprint density at radius 3 is 2.37 bits per heavy atom. The van der Waals surface area contributed by atoms with Gasteiger partial charge in [0.1, 0.15) is 28.8 Å². The Morgan fingerprint density at radius 2 is 1.71 bits per heavy atom. The lowest BCUT2D eigenvalue weighted by Gasteiger charge is -2.67. The van der Waals surface area contributed by atoms with Crippen LogP contribution in [0, 0.1) is 34.0 Å². The van der Waals surface area contributed by atoms with E-state index in [1.54, 1.807) is 33.8 Å². The third-order valence-corrected chi connectivity index (χ3v) is 14.9. The van der Waals surface area contributed by atoms with Gasteiger partial charge in [0.15, 0.2) is 11.2 Å². The number of ether oxygens (including phenoxy) is 8. The van der Waals surface area contributed by atoms with Crippen LogP contribution in [0.4, 0.5) is 0 Å². The fourth-order valence-electron chi connectivity index (χ4n) is 12.9. The minimum Gasteiger partial charge on any atom is -0.469 e. The summed E-state index contributed by atoms with van der Waals surface area (Å²) in [5.41, 5.74) is -11.2. The Labute approximate surface area is 300 Å². The molecule has 0 aromatic carbocycles. The lowest BCUT2D eigenvalue weighted by Crippen LogP contribution is -2.78. The molecule has 4 aliphatic carbocycles. The van der Waals surface area contributed by atoms with Gasteiger partial charge in [0, 0.05) is 47.0 Å². The summed E-state index contributed by atoms with van der Waals surface area (Å²) in [6.07, 6.45) is -2.68. The average molecular weight is 733 g/mol. The zero-order valence-corrected chi connectivity index (χ0v) is 30.4. The van der Waals surface area contributed by atoms with E-state index < -0.39 is 117 Å². The van der Waals surface area contributed by atoms with Crippen LogP contribution in [0.15, 0.2) is 24.0 Å². The number of allylic oxidation sites excluding steroid dienone is 1. The molecule has 52 heavy (non-hydrogen) atoms. The molecule has 4 saturated carbocycles. The van der Waals surface area contributed by atoms with Crippen molar-refractivity contribution >= 4 is 23.9 Å². The predicted molar refractivity (Wildman–Crippen MR) is 172 cm³/mol. The number of carbonyl (C=O) groups excluding carboxylic acids is 4. The van der Waals surface area contributed by atoms with Crippen LogP contribution in [0.5, 0.6) is 0 Å². The minimum absolute atomic E-state index is 0.0102.